The lowest BCUT2D eigenvalue weighted by Crippen LogP contribution is -2.35. The molecule has 0 saturated heterocycles. The zero-order valence-corrected chi connectivity index (χ0v) is 13.7. The predicted molar refractivity (Wildman–Crippen MR) is 86.9 cm³/mol. The standard InChI is InChI=1S/C17H26N2O3/c1-4-11-18-17(21)10-13-19(14(2)20)12-9-15-7-5-6-8-16(15)22-3/h5-8H,4,9-13H2,1-3H3,(H,18,21). The van der Waals surface area contributed by atoms with Crippen LogP contribution in [0.4, 0.5) is 0 Å². The molecule has 0 aliphatic heterocycles. The lowest BCUT2D eigenvalue weighted by Gasteiger charge is -2.21. The maximum Gasteiger partial charge on any atom is 0.221 e. The highest BCUT2D eigenvalue weighted by atomic mass is 16.5. The van der Waals surface area contributed by atoms with Crippen LogP contribution in [-0.2, 0) is 16.0 Å². The quantitative estimate of drug-likeness (QED) is 0.759. The van der Waals surface area contributed by atoms with Crippen LogP contribution in [0.2, 0.25) is 0 Å². The number of hydrogen-bond donors (Lipinski definition) is 1. The molecule has 2 amide bonds. The van der Waals surface area contributed by atoms with Crippen LogP contribution in [0, 0.1) is 0 Å². The number of hydrogen-bond acceptors (Lipinski definition) is 3. The van der Waals surface area contributed by atoms with Crippen LogP contribution < -0.4 is 10.1 Å². The molecule has 0 unspecified atom stereocenters. The van der Waals surface area contributed by atoms with Crippen molar-refractivity contribution < 1.29 is 14.3 Å². The molecule has 0 heterocycles. The highest BCUT2D eigenvalue weighted by Gasteiger charge is 2.12. The molecule has 122 valence electrons. The summed E-state index contributed by atoms with van der Waals surface area (Å²) >= 11 is 0. The van der Waals surface area contributed by atoms with Crippen molar-refractivity contribution >= 4 is 11.8 Å². The molecule has 0 radical (unpaired) electrons. The number of rotatable bonds is 9. The fraction of sp³-hybridized carbons (Fsp3) is 0.529. The van der Waals surface area contributed by atoms with E-state index in [1.54, 1.807) is 12.0 Å². The molecular formula is C17H26N2O3. The van der Waals surface area contributed by atoms with Crippen molar-refractivity contribution in [2.24, 2.45) is 0 Å². The molecule has 0 aliphatic carbocycles. The molecule has 0 aromatic heterocycles. The van der Waals surface area contributed by atoms with Gasteiger partial charge in [-0.05, 0) is 24.5 Å². The van der Waals surface area contributed by atoms with E-state index in [1.807, 2.05) is 31.2 Å². The minimum atomic E-state index is -0.0156. The maximum atomic E-state index is 11.7. The van der Waals surface area contributed by atoms with Gasteiger partial charge < -0.3 is 15.0 Å². The van der Waals surface area contributed by atoms with E-state index in [0.29, 0.717) is 32.5 Å². The highest BCUT2D eigenvalue weighted by molar-refractivity contribution is 5.78. The zero-order chi connectivity index (χ0) is 16.4. The number of para-hydroxylation sites is 1. The third-order valence-electron chi connectivity index (χ3n) is 3.47. The zero-order valence-electron chi connectivity index (χ0n) is 13.7. The molecule has 0 spiro atoms. The van der Waals surface area contributed by atoms with Crippen molar-refractivity contribution in [3.63, 3.8) is 0 Å². The first-order chi connectivity index (χ1) is 10.6. The van der Waals surface area contributed by atoms with Gasteiger partial charge in [0.15, 0.2) is 0 Å². The Morgan fingerprint density at radius 1 is 1.23 bits per heavy atom. The summed E-state index contributed by atoms with van der Waals surface area (Å²) in [5.41, 5.74) is 1.06. The average molecular weight is 306 g/mol. The van der Waals surface area contributed by atoms with Crippen LogP contribution in [-0.4, -0.2) is 43.5 Å². The first-order valence-electron chi connectivity index (χ1n) is 7.72. The van der Waals surface area contributed by atoms with Crippen molar-refractivity contribution in [2.75, 3.05) is 26.7 Å². The largest absolute Gasteiger partial charge is 0.496 e. The smallest absolute Gasteiger partial charge is 0.221 e. The van der Waals surface area contributed by atoms with Crippen LogP contribution in [0.3, 0.4) is 0 Å². The van der Waals surface area contributed by atoms with E-state index in [-0.39, 0.29) is 11.8 Å². The van der Waals surface area contributed by atoms with Crippen LogP contribution >= 0.6 is 0 Å². The number of nitrogens with zero attached hydrogens (tertiary/aromatic N) is 1. The molecule has 0 atom stereocenters. The Morgan fingerprint density at radius 2 is 1.95 bits per heavy atom. The topological polar surface area (TPSA) is 58.6 Å². The summed E-state index contributed by atoms with van der Waals surface area (Å²) < 4.78 is 5.31. The van der Waals surface area contributed by atoms with E-state index < -0.39 is 0 Å². The Labute approximate surface area is 132 Å². The fourth-order valence-corrected chi connectivity index (χ4v) is 2.18. The molecule has 0 saturated carbocycles. The van der Waals surface area contributed by atoms with Gasteiger partial charge in [0.1, 0.15) is 5.75 Å². The van der Waals surface area contributed by atoms with Crippen molar-refractivity contribution in [1.29, 1.82) is 0 Å². The minimum absolute atomic E-state index is 0.00890. The second-order valence-electron chi connectivity index (χ2n) is 5.17. The van der Waals surface area contributed by atoms with Gasteiger partial charge in [-0.15, -0.1) is 0 Å². The Balaban J connectivity index is 2.51. The Morgan fingerprint density at radius 3 is 2.59 bits per heavy atom. The Bertz CT molecular complexity index is 489. The summed E-state index contributed by atoms with van der Waals surface area (Å²) in [5.74, 6) is 0.801. The summed E-state index contributed by atoms with van der Waals surface area (Å²) in [6, 6.07) is 7.77. The van der Waals surface area contributed by atoms with E-state index in [9.17, 15) is 9.59 Å². The molecule has 22 heavy (non-hydrogen) atoms. The van der Waals surface area contributed by atoms with Gasteiger partial charge in [0.05, 0.1) is 7.11 Å². The number of carbonyl (C=O) groups excluding carboxylic acids is 2. The highest BCUT2D eigenvalue weighted by Crippen LogP contribution is 2.18. The number of amides is 2. The summed E-state index contributed by atoms with van der Waals surface area (Å²) in [5, 5.41) is 2.82. The molecule has 1 aromatic rings. The molecule has 0 fully saturated rings. The van der Waals surface area contributed by atoms with E-state index >= 15 is 0 Å². The number of methoxy groups -OCH3 is 1. The van der Waals surface area contributed by atoms with Gasteiger partial charge in [-0.1, -0.05) is 25.1 Å². The Hall–Kier alpha value is -2.04. The lowest BCUT2D eigenvalue weighted by atomic mass is 10.1. The van der Waals surface area contributed by atoms with Crippen molar-refractivity contribution in [2.45, 2.75) is 33.1 Å². The molecule has 0 bridgehead atoms. The summed E-state index contributed by atoms with van der Waals surface area (Å²) in [6.45, 7) is 5.25. The first kappa shape index (κ1) is 18.0. The Kier molecular flexibility index (Phi) is 8.04. The van der Waals surface area contributed by atoms with Crippen LogP contribution in [0.5, 0.6) is 5.75 Å². The average Bonchev–Trinajstić information content (AvgIpc) is 2.52. The van der Waals surface area contributed by atoms with Crippen LogP contribution in [0.15, 0.2) is 24.3 Å². The summed E-state index contributed by atoms with van der Waals surface area (Å²) in [4.78, 5) is 25.1. The normalized spacial score (nSPS) is 10.1. The first-order valence-corrected chi connectivity index (χ1v) is 7.72. The van der Waals surface area contributed by atoms with E-state index in [1.165, 1.54) is 6.92 Å². The van der Waals surface area contributed by atoms with E-state index in [2.05, 4.69) is 5.32 Å². The summed E-state index contributed by atoms with van der Waals surface area (Å²) in [7, 11) is 1.64. The molecular weight excluding hydrogens is 280 g/mol. The third-order valence-corrected chi connectivity index (χ3v) is 3.47. The second-order valence-corrected chi connectivity index (χ2v) is 5.17. The second kappa shape index (κ2) is 9.82. The van der Waals surface area contributed by atoms with Gasteiger partial charge in [-0.2, -0.15) is 0 Å². The molecule has 0 aliphatic rings. The van der Waals surface area contributed by atoms with Gasteiger partial charge in [-0.3, -0.25) is 9.59 Å². The van der Waals surface area contributed by atoms with Crippen molar-refractivity contribution in [3.8, 4) is 5.75 Å². The number of ether oxygens (including phenoxy) is 1. The van der Waals surface area contributed by atoms with Crippen LogP contribution in [0.1, 0.15) is 32.3 Å². The van der Waals surface area contributed by atoms with Gasteiger partial charge in [0.2, 0.25) is 11.8 Å². The molecule has 5 nitrogen and oxygen atoms in total. The van der Waals surface area contributed by atoms with Crippen molar-refractivity contribution in [1.82, 2.24) is 10.2 Å². The number of nitrogens with one attached hydrogen (secondary N) is 1. The van der Waals surface area contributed by atoms with Crippen molar-refractivity contribution in [3.05, 3.63) is 29.8 Å². The monoisotopic (exact) mass is 306 g/mol. The van der Waals surface area contributed by atoms with Gasteiger partial charge in [-0.25, -0.2) is 0 Å². The van der Waals surface area contributed by atoms with Gasteiger partial charge in [0, 0.05) is 33.0 Å². The molecule has 1 N–H and O–H groups in total. The predicted octanol–water partition coefficient (Wildman–Crippen LogP) is 2.00. The SMILES string of the molecule is CCCNC(=O)CCN(CCc1ccccc1OC)C(C)=O. The van der Waals surface area contributed by atoms with E-state index in [0.717, 1.165) is 17.7 Å². The third kappa shape index (κ3) is 6.16. The minimum Gasteiger partial charge on any atom is -0.496 e. The number of benzene rings is 1. The van der Waals surface area contributed by atoms with Crippen LogP contribution in [0.25, 0.3) is 0 Å². The lowest BCUT2D eigenvalue weighted by molar-refractivity contribution is -0.129. The number of carbonyl (C=O) groups is 2. The molecule has 5 heteroatoms. The maximum absolute atomic E-state index is 11.7. The van der Waals surface area contributed by atoms with Gasteiger partial charge in [0.25, 0.3) is 0 Å². The molecule has 1 rings (SSSR count). The molecule has 1 aromatic carbocycles. The summed E-state index contributed by atoms with van der Waals surface area (Å²) in [6.07, 6.45) is 1.96. The van der Waals surface area contributed by atoms with E-state index in [4.69, 9.17) is 4.74 Å². The fourth-order valence-electron chi connectivity index (χ4n) is 2.18. The van der Waals surface area contributed by atoms with Gasteiger partial charge >= 0.3 is 0 Å².